The first-order valence-electron chi connectivity index (χ1n) is 6.76. The van der Waals surface area contributed by atoms with Gasteiger partial charge in [-0.3, -0.25) is 0 Å². The van der Waals surface area contributed by atoms with Gasteiger partial charge >= 0.3 is 6.03 Å². The third kappa shape index (κ3) is 3.30. The fourth-order valence-corrected chi connectivity index (χ4v) is 2.14. The fraction of sp³-hybridized carbons (Fsp3) is 0.235. The van der Waals surface area contributed by atoms with E-state index in [-0.39, 0.29) is 12.1 Å². The molecule has 0 aliphatic heterocycles. The van der Waals surface area contributed by atoms with Crippen molar-refractivity contribution in [2.24, 2.45) is 0 Å². The van der Waals surface area contributed by atoms with E-state index in [9.17, 15) is 4.79 Å². The molecule has 2 N–H and O–H groups in total. The van der Waals surface area contributed by atoms with Gasteiger partial charge < -0.3 is 10.6 Å². The molecule has 0 spiro atoms. The summed E-state index contributed by atoms with van der Waals surface area (Å²) in [6.45, 7) is 2.04. The first kappa shape index (κ1) is 14.0. The molecular formula is C17H18N2O. The molecule has 2 rings (SSSR count). The van der Waals surface area contributed by atoms with Crippen LogP contribution in [0.3, 0.4) is 0 Å². The maximum Gasteiger partial charge on any atom is 0.320 e. The lowest BCUT2D eigenvalue weighted by Gasteiger charge is -2.14. The van der Waals surface area contributed by atoms with E-state index in [2.05, 4.69) is 16.6 Å². The van der Waals surface area contributed by atoms with Gasteiger partial charge in [-0.25, -0.2) is 4.79 Å². The standard InChI is InChI=1S/C17H18N2O/c1-3-8-14(4-2)18-17(20)19-16-12-7-10-13-9-5-6-11-15(13)16/h2,5-7,9-12,14H,3,8H2,1H3,(H2,18,19,20). The Bertz CT molecular complexity index is 637. The second-order valence-electron chi connectivity index (χ2n) is 4.63. The third-order valence-corrected chi connectivity index (χ3v) is 3.12. The van der Waals surface area contributed by atoms with Crippen molar-refractivity contribution in [3.05, 3.63) is 42.5 Å². The molecule has 2 aromatic rings. The van der Waals surface area contributed by atoms with Crippen molar-refractivity contribution in [2.45, 2.75) is 25.8 Å². The van der Waals surface area contributed by atoms with E-state index in [0.29, 0.717) is 0 Å². The number of anilines is 1. The third-order valence-electron chi connectivity index (χ3n) is 3.12. The average Bonchev–Trinajstić information content (AvgIpc) is 2.47. The second kappa shape index (κ2) is 6.63. The van der Waals surface area contributed by atoms with Gasteiger partial charge in [0.1, 0.15) is 0 Å². The summed E-state index contributed by atoms with van der Waals surface area (Å²) >= 11 is 0. The summed E-state index contributed by atoms with van der Waals surface area (Å²) in [6, 6.07) is 13.2. The Morgan fingerprint density at radius 2 is 2.00 bits per heavy atom. The quantitative estimate of drug-likeness (QED) is 0.813. The minimum absolute atomic E-state index is 0.227. The van der Waals surface area contributed by atoms with Crippen LogP contribution in [-0.4, -0.2) is 12.1 Å². The first-order chi connectivity index (χ1) is 9.74. The molecule has 0 radical (unpaired) electrons. The smallest absolute Gasteiger partial charge is 0.320 e. The highest BCUT2D eigenvalue weighted by atomic mass is 16.2. The van der Waals surface area contributed by atoms with Crippen molar-refractivity contribution in [1.82, 2.24) is 5.32 Å². The molecular weight excluding hydrogens is 248 g/mol. The zero-order valence-corrected chi connectivity index (χ0v) is 11.5. The molecule has 3 nitrogen and oxygen atoms in total. The molecule has 0 heterocycles. The van der Waals surface area contributed by atoms with Crippen LogP contribution in [0.15, 0.2) is 42.5 Å². The van der Waals surface area contributed by atoms with Crippen molar-refractivity contribution in [3.63, 3.8) is 0 Å². The van der Waals surface area contributed by atoms with Crippen LogP contribution in [0.4, 0.5) is 10.5 Å². The Morgan fingerprint density at radius 3 is 2.75 bits per heavy atom. The molecule has 2 aromatic carbocycles. The lowest BCUT2D eigenvalue weighted by atomic mass is 10.1. The van der Waals surface area contributed by atoms with E-state index in [0.717, 1.165) is 29.3 Å². The molecule has 20 heavy (non-hydrogen) atoms. The van der Waals surface area contributed by atoms with Crippen molar-refractivity contribution in [2.75, 3.05) is 5.32 Å². The Labute approximate surface area is 119 Å². The number of rotatable bonds is 4. The van der Waals surface area contributed by atoms with Crippen LogP contribution in [0.5, 0.6) is 0 Å². The molecule has 0 saturated heterocycles. The molecule has 0 aliphatic rings. The average molecular weight is 266 g/mol. The lowest BCUT2D eigenvalue weighted by Crippen LogP contribution is -2.37. The van der Waals surface area contributed by atoms with Gasteiger partial charge in [-0.1, -0.05) is 55.7 Å². The normalized spacial score (nSPS) is 11.6. The van der Waals surface area contributed by atoms with E-state index in [1.807, 2.05) is 49.4 Å². The van der Waals surface area contributed by atoms with E-state index in [4.69, 9.17) is 6.42 Å². The van der Waals surface area contributed by atoms with E-state index in [1.54, 1.807) is 0 Å². The van der Waals surface area contributed by atoms with Crippen LogP contribution in [0, 0.1) is 12.3 Å². The Hall–Kier alpha value is -2.47. The second-order valence-corrected chi connectivity index (χ2v) is 4.63. The molecule has 0 bridgehead atoms. The fourth-order valence-electron chi connectivity index (χ4n) is 2.14. The van der Waals surface area contributed by atoms with Crippen molar-refractivity contribution in [3.8, 4) is 12.3 Å². The molecule has 0 saturated carbocycles. The summed E-state index contributed by atoms with van der Waals surface area (Å²) in [4.78, 5) is 12.0. The van der Waals surface area contributed by atoms with Crippen LogP contribution in [0.2, 0.25) is 0 Å². The van der Waals surface area contributed by atoms with Crippen molar-refractivity contribution >= 4 is 22.5 Å². The molecule has 0 aliphatic carbocycles. The Morgan fingerprint density at radius 1 is 1.25 bits per heavy atom. The summed E-state index contributed by atoms with van der Waals surface area (Å²) < 4.78 is 0. The number of urea groups is 1. The number of amides is 2. The maximum atomic E-state index is 12.0. The molecule has 102 valence electrons. The number of fused-ring (bicyclic) bond motifs is 1. The number of benzene rings is 2. The first-order valence-corrected chi connectivity index (χ1v) is 6.76. The van der Waals surface area contributed by atoms with E-state index < -0.39 is 0 Å². The Kier molecular flexibility index (Phi) is 4.62. The van der Waals surface area contributed by atoms with Crippen LogP contribution >= 0.6 is 0 Å². The summed E-state index contributed by atoms with van der Waals surface area (Å²) in [5.41, 5.74) is 0.785. The van der Waals surface area contributed by atoms with Gasteiger partial charge in [-0.05, 0) is 17.9 Å². The topological polar surface area (TPSA) is 41.1 Å². The van der Waals surface area contributed by atoms with Crippen molar-refractivity contribution < 1.29 is 4.79 Å². The molecule has 3 heteroatoms. The van der Waals surface area contributed by atoms with Crippen LogP contribution in [0.1, 0.15) is 19.8 Å². The summed E-state index contributed by atoms with van der Waals surface area (Å²) in [6.07, 6.45) is 7.11. The van der Waals surface area contributed by atoms with Gasteiger partial charge in [0.2, 0.25) is 0 Å². The number of hydrogen-bond acceptors (Lipinski definition) is 1. The number of terminal acetylenes is 1. The highest BCUT2D eigenvalue weighted by molar-refractivity contribution is 6.01. The van der Waals surface area contributed by atoms with E-state index in [1.165, 1.54) is 0 Å². The number of hydrogen-bond donors (Lipinski definition) is 2. The zero-order chi connectivity index (χ0) is 14.4. The largest absolute Gasteiger partial charge is 0.324 e. The SMILES string of the molecule is C#CC(CCC)NC(=O)Nc1cccc2ccccc12. The van der Waals surface area contributed by atoms with Gasteiger partial charge in [0.25, 0.3) is 0 Å². The molecule has 1 atom stereocenters. The van der Waals surface area contributed by atoms with Crippen LogP contribution in [-0.2, 0) is 0 Å². The molecule has 0 fully saturated rings. The minimum atomic E-state index is -0.266. The van der Waals surface area contributed by atoms with Crippen molar-refractivity contribution in [1.29, 1.82) is 0 Å². The van der Waals surface area contributed by atoms with E-state index >= 15 is 0 Å². The Balaban J connectivity index is 2.12. The lowest BCUT2D eigenvalue weighted by molar-refractivity contribution is 0.250. The highest BCUT2D eigenvalue weighted by Gasteiger charge is 2.09. The van der Waals surface area contributed by atoms with Crippen LogP contribution < -0.4 is 10.6 Å². The van der Waals surface area contributed by atoms with Gasteiger partial charge in [0, 0.05) is 5.39 Å². The molecule has 1 unspecified atom stereocenters. The number of carbonyl (C=O) groups excluding carboxylic acids is 1. The monoisotopic (exact) mass is 266 g/mol. The summed E-state index contributed by atoms with van der Waals surface area (Å²) in [7, 11) is 0. The molecule has 0 aromatic heterocycles. The number of carbonyl (C=O) groups is 1. The number of nitrogens with one attached hydrogen (secondary N) is 2. The predicted molar refractivity (Wildman–Crippen MR) is 83.6 cm³/mol. The summed E-state index contributed by atoms with van der Waals surface area (Å²) in [5, 5.41) is 7.76. The maximum absolute atomic E-state index is 12.0. The van der Waals surface area contributed by atoms with Gasteiger partial charge in [-0.2, -0.15) is 0 Å². The predicted octanol–water partition coefficient (Wildman–Crippen LogP) is 3.76. The summed E-state index contributed by atoms with van der Waals surface area (Å²) in [5.74, 6) is 2.58. The zero-order valence-electron chi connectivity index (χ0n) is 11.5. The van der Waals surface area contributed by atoms with Gasteiger partial charge in [0.15, 0.2) is 0 Å². The van der Waals surface area contributed by atoms with Gasteiger partial charge in [-0.15, -0.1) is 6.42 Å². The minimum Gasteiger partial charge on any atom is -0.324 e. The van der Waals surface area contributed by atoms with Crippen LogP contribution in [0.25, 0.3) is 10.8 Å². The molecule has 2 amide bonds. The highest BCUT2D eigenvalue weighted by Crippen LogP contribution is 2.22. The van der Waals surface area contributed by atoms with Gasteiger partial charge in [0.05, 0.1) is 11.7 Å².